The predicted octanol–water partition coefficient (Wildman–Crippen LogP) is 6.65. The van der Waals surface area contributed by atoms with E-state index in [1.54, 1.807) is 25.7 Å². The summed E-state index contributed by atoms with van der Waals surface area (Å²) in [6.07, 6.45) is 12.5. The van der Waals surface area contributed by atoms with Gasteiger partial charge in [-0.25, -0.2) is 4.79 Å². The Hall–Kier alpha value is -2.96. The van der Waals surface area contributed by atoms with Crippen LogP contribution in [0.3, 0.4) is 0 Å². The minimum atomic E-state index is -1.01. The molecule has 4 N–H and O–H groups in total. The van der Waals surface area contributed by atoms with E-state index >= 15 is 4.79 Å². The van der Waals surface area contributed by atoms with Gasteiger partial charge in [0, 0.05) is 23.6 Å². The molecule has 6 unspecified atom stereocenters. The minimum absolute atomic E-state index is 0.0213. The van der Waals surface area contributed by atoms with Crippen molar-refractivity contribution in [3.05, 3.63) is 0 Å². The van der Waals surface area contributed by atoms with Crippen molar-refractivity contribution in [3.63, 3.8) is 0 Å². The fourth-order valence-corrected chi connectivity index (χ4v) is 14.1. The molecule has 0 spiro atoms. The molecule has 8 atom stereocenters. The Balaban J connectivity index is 1.21. The number of likely N-dealkylation sites (tertiary alicyclic amines) is 1. The van der Waals surface area contributed by atoms with Crippen LogP contribution in [0.25, 0.3) is 0 Å². The fraction of sp³-hybridized carbons (Fsp3) is 0.851. The van der Waals surface area contributed by atoms with E-state index in [2.05, 4.69) is 75.1 Å². The van der Waals surface area contributed by atoms with Crippen molar-refractivity contribution in [2.75, 3.05) is 18.8 Å². The smallest absolute Gasteiger partial charge is 0.315 e. The van der Waals surface area contributed by atoms with Crippen molar-refractivity contribution in [2.45, 2.75) is 193 Å². The van der Waals surface area contributed by atoms with Gasteiger partial charge in [0.25, 0.3) is 5.91 Å². The van der Waals surface area contributed by atoms with Gasteiger partial charge in [0.05, 0.1) is 12.0 Å². The number of rotatable bonds is 16. The van der Waals surface area contributed by atoms with Crippen LogP contribution >= 0.6 is 10.5 Å². The highest BCUT2D eigenvalue weighted by Crippen LogP contribution is 2.66. The van der Waals surface area contributed by atoms with Gasteiger partial charge in [-0.05, 0) is 113 Å². The van der Waals surface area contributed by atoms with E-state index in [4.69, 9.17) is 4.74 Å². The van der Waals surface area contributed by atoms with E-state index < -0.39 is 52.7 Å². The summed E-state index contributed by atoms with van der Waals surface area (Å²) in [5.41, 5.74) is -1.71. The Kier molecular flexibility index (Phi) is 13.7. The lowest BCUT2D eigenvalue weighted by Crippen LogP contribution is -2.64. The first kappa shape index (κ1) is 46.5. The van der Waals surface area contributed by atoms with Crippen molar-refractivity contribution >= 4 is 51.4 Å². The van der Waals surface area contributed by atoms with Crippen molar-refractivity contribution in [2.24, 2.45) is 40.4 Å². The van der Waals surface area contributed by atoms with E-state index in [-0.39, 0.29) is 80.7 Å². The van der Waals surface area contributed by atoms with Crippen LogP contribution in [0, 0.1) is 40.4 Å². The molecule has 1 aliphatic heterocycles. The second kappa shape index (κ2) is 17.7. The van der Waals surface area contributed by atoms with Crippen LogP contribution in [-0.2, 0) is 28.7 Å². The van der Waals surface area contributed by atoms with Crippen molar-refractivity contribution in [1.29, 1.82) is 0 Å². The highest BCUT2D eigenvalue weighted by atomic mass is 32.2. The average molecular weight is 856 g/mol. The molecule has 12 nitrogen and oxygen atoms in total. The number of Topliss-reactive ketones (excluding diaryl/α,β-unsaturated/α-hetero) is 1. The van der Waals surface area contributed by atoms with E-state index in [1.807, 2.05) is 0 Å². The van der Waals surface area contributed by atoms with Gasteiger partial charge in [-0.3, -0.25) is 24.0 Å². The predicted molar refractivity (Wildman–Crippen MR) is 237 cm³/mol. The Morgan fingerprint density at radius 3 is 2.02 bits per heavy atom. The fourth-order valence-electron chi connectivity index (χ4n) is 11.6. The number of hydrogen-bond donors (Lipinski definition) is 4. The molecule has 0 aromatic heterocycles. The van der Waals surface area contributed by atoms with Gasteiger partial charge in [0.1, 0.15) is 23.7 Å². The SMILES string of the molecule is C/C=S(/CC1(NC(=O)N[C@H](C(=O)N2CC3C([C@H]2C(=O)NC(C(=O)C(=O)NCCC(=O)OC(C)(C)C)C2C4CCC42)C3(C)C)C2(C)CCCCC2)CCCCC1)C(C)(C)CC. The monoisotopic (exact) mass is 856 g/mol. The molecule has 338 valence electrons. The third kappa shape index (κ3) is 9.80. The summed E-state index contributed by atoms with van der Waals surface area (Å²) in [6.45, 7) is 21.0. The number of fused-ring (bicyclic) bond motifs is 2. The molecule has 0 bridgehead atoms. The van der Waals surface area contributed by atoms with Crippen molar-refractivity contribution in [1.82, 2.24) is 26.2 Å². The number of piperidine rings is 1. The van der Waals surface area contributed by atoms with Gasteiger partial charge < -0.3 is 30.9 Å². The van der Waals surface area contributed by atoms with Gasteiger partial charge in [-0.2, -0.15) is 10.5 Å². The lowest BCUT2D eigenvalue weighted by molar-refractivity contribution is -0.154. The Morgan fingerprint density at radius 1 is 0.867 bits per heavy atom. The number of urea groups is 1. The van der Waals surface area contributed by atoms with E-state index in [0.29, 0.717) is 6.54 Å². The highest BCUT2D eigenvalue weighted by molar-refractivity contribution is 8.16. The zero-order valence-electron chi connectivity index (χ0n) is 38.4. The van der Waals surface area contributed by atoms with Gasteiger partial charge in [-0.1, -0.05) is 85.4 Å². The first-order valence-electron chi connectivity index (χ1n) is 23.3. The summed E-state index contributed by atoms with van der Waals surface area (Å²) in [5, 5.41) is 14.7. The summed E-state index contributed by atoms with van der Waals surface area (Å²) < 4.78 is 5.45. The number of carbonyl (C=O) groups is 6. The lowest BCUT2D eigenvalue weighted by atomic mass is 9.70. The van der Waals surface area contributed by atoms with Crippen LogP contribution in [0.5, 0.6) is 0 Å². The topological polar surface area (TPSA) is 163 Å². The molecule has 13 heteroatoms. The first-order chi connectivity index (χ1) is 28.1. The normalized spacial score (nSPS) is 29.9. The Bertz CT molecular complexity index is 1700. The molecule has 6 fully saturated rings. The molecule has 0 aromatic carbocycles. The van der Waals surface area contributed by atoms with E-state index in [9.17, 15) is 24.0 Å². The van der Waals surface area contributed by atoms with E-state index in [0.717, 1.165) is 89.2 Å². The van der Waals surface area contributed by atoms with Gasteiger partial charge in [0.15, 0.2) is 0 Å². The largest absolute Gasteiger partial charge is 0.460 e. The van der Waals surface area contributed by atoms with Crippen molar-refractivity contribution < 1.29 is 33.5 Å². The molecule has 1 heterocycles. The molecule has 6 aliphatic rings. The number of nitrogens with one attached hydrogen (secondary N) is 4. The number of esters is 1. The summed E-state index contributed by atoms with van der Waals surface area (Å²) in [5.74, 6) is -1.38. The number of hydrogen-bond acceptors (Lipinski definition) is 7. The van der Waals surface area contributed by atoms with Crippen LogP contribution in [0.1, 0.15) is 159 Å². The summed E-state index contributed by atoms with van der Waals surface area (Å²) in [6, 6.07) is -2.99. The third-order valence-electron chi connectivity index (χ3n) is 15.9. The minimum Gasteiger partial charge on any atom is -0.460 e. The maximum absolute atomic E-state index is 15.2. The molecule has 60 heavy (non-hydrogen) atoms. The van der Waals surface area contributed by atoms with Crippen LogP contribution in [0.2, 0.25) is 0 Å². The maximum Gasteiger partial charge on any atom is 0.315 e. The highest BCUT2D eigenvalue weighted by Gasteiger charge is 2.70. The second-order valence-electron chi connectivity index (χ2n) is 21.8. The third-order valence-corrected chi connectivity index (χ3v) is 19.0. The summed E-state index contributed by atoms with van der Waals surface area (Å²) in [4.78, 5) is 85.5. The zero-order chi connectivity index (χ0) is 44.0. The molecule has 5 saturated carbocycles. The lowest BCUT2D eigenvalue weighted by Gasteiger charge is -2.45. The second-order valence-corrected chi connectivity index (χ2v) is 24.5. The van der Waals surface area contributed by atoms with E-state index in [1.165, 1.54) is 0 Å². The number of ketones is 1. The summed E-state index contributed by atoms with van der Waals surface area (Å²) >= 11 is 0. The Morgan fingerprint density at radius 2 is 1.47 bits per heavy atom. The molecule has 5 aliphatic carbocycles. The van der Waals surface area contributed by atoms with Gasteiger partial charge in [0.2, 0.25) is 17.6 Å². The standard InChI is InChI=1S/C47H77N5O7S/c1-11-44(6,7)60(12-2)28-47(24-17-14-18-25-47)51-42(58)50-38(46(10)22-15-13-16-23-46)41(57)52-27-31-34(45(31,8)9)36(52)39(55)49-35(33-29-19-20-30(29)33)37(54)40(56)48-26-21-32(53)59-43(3,4)5/h12,29-31,33-36,38H,11,13-28H2,1-10H3,(H,48,56)(H,49,55)(H2,50,51,58)/t29?,30?,31?,33?,34?,35?,36-,38+,60?/m0/s1. The van der Waals surface area contributed by atoms with Crippen molar-refractivity contribution in [3.8, 4) is 0 Å². The first-order valence-corrected chi connectivity index (χ1v) is 24.8. The number of nitrogens with zero attached hydrogens (tertiary/aromatic N) is 1. The quantitative estimate of drug-likeness (QED) is 0.0768. The number of amides is 5. The molecule has 0 aromatic rings. The molecule has 0 radical (unpaired) electrons. The van der Waals surface area contributed by atoms with Crippen LogP contribution in [0.4, 0.5) is 4.79 Å². The summed E-state index contributed by atoms with van der Waals surface area (Å²) in [7, 11) is -0.0213. The molecule has 5 amide bonds. The molecule has 1 saturated heterocycles. The molecular weight excluding hydrogens is 779 g/mol. The van der Waals surface area contributed by atoms with Gasteiger partial charge in [-0.15, -0.1) is 0 Å². The van der Waals surface area contributed by atoms with Crippen LogP contribution in [0.15, 0.2) is 0 Å². The molecule has 6 rings (SSSR count). The van der Waals surface area contributed by atoms with Crippen LogP contribution < -0.4 is 21.3 Å². The average Bonchev–Trinajstić information content (AvgIpc) is 3.77. The van der Waals surface area contributed by atoms with Gasteiger partial charge >= 0.3 is 12.0 Å². The zero-order valence-corrected chi connectivity index (χ0v) is 39.2. The molecular formula is C47H77N5O7S. The number of ether oxygens (including phenoxy) is 1. The Labute approximate surface area is 362 Å². The maximum atomic E-state index is 15.2. The van der Waals surface area contributed by atoms with Crippen LogP contribution in [-0.4, -0.2) is 98.6 Å². The number of carbonyl (C=O) groups excluding carboxylic acids is 6.